The van der Waals surface area contributed by atoms with Gasteiger partial charge in [0.2, 0.25) is 0 Å². The molecule has 0 N–H and O–H groups in total. The second-order valence-corrected chi connectivity index (χ2v) is 2.92. The van der Waals surface area contributed by atoms with Crippen molar-refractivity contribution in [3.63, 3.8) is 0 Å². The molecule has 0 bridgehead atoms. The van der Waals surface area contributed by atoms with E-state index in [9.17, 15) is 4.79 Å². The highest BCUT2D eigenvalue weighted by molar-refractivity contribution is 7.08. The van der Waals surface area contributed by atoms with Gasteiger partial charge in [-0.15, -0.1) is 0 Å². The highest BCUT2D eigenvalue weighted by Crippen LogP contribution is 2.18. The van der Waals surface area contributed by atoms with Crippen molar-refractivity contribution < 1.29 is 9.53 Å². The number of rotatable bonds is 2. The third-order valence-corrected chi connectivity index (χ3v) is 2.14. The van der Waals surface area contributed by atoms with Gasteiger partial charge in [0, 0.05) is 0 Å². The zero-order valence-electron chi connectivity index (χ0n) is 6.48. The van der Waals surface area contributed by atoms with Gasteiger partial charge < -0.3 is 4.74 Å². The smallest absolute Gasteiger partial charge is 0.327 e. The Morgan fingerprint density at radius 1 is 1.83 bits per heavy atom. The number of ether oxygens (including phenoxy) is 1. The van der Waals surface area contributed by atoms with Gasteiger partial charge in [-0.05, 0) is 22.4 Å². The van der Waals surface area contributed by atoms with E-state index in [2.05, 4.69) is 4.74 Å². The first-order valence-corrected chi connectivity index (χ1v) is 4.23. The van der Waals surface area contributed by atoms with Crippen LogP contribution in [0.4, 0.5) is 0 Å². The van der Waals surface area contributed by atoms with Crippen molar-refractivity contribution in [1.29, 1.82) is 5.26 Å². The Hall–Kier alpha value is -1.34. The molecule has 62 valence electrons. The van der Waals surface area contributed by atoms with Crippen molar-refractivity contribution in [3.05, 3.63) is 22.4 Å². The van der Waals surface area contributed by atoms with Crippen LogP contribution in [0.1, 0.15) is 11.5 Å². The molecule has 1 atom stereocenters. The molecule has 0 fully saturated rings. The van der Waals surface area contributed by atoms with Crippen LogP contribution in [0.3, 0.4) is 0 Å². The second kappa shape index (κ2) is 3.88. The molecule has 0 aromatic carbocycles. The number of methoxy groups -OCH3 is 1. The second-order valence-electron chi connectivity index (χ2n) is 2.14. The Kier molecular flexibility index (Phi) is 2.83. The largest absolute Gasteiger partial charge is 0.468 e. The maximum absolute atomic E-state index is 11.0. The van der Waals surface area contributed by atoms with Crippen LogP contribution < -0.4 is 0 Å². The van der Waals surface area contributed by atoms with Crippen LogP contribution in [0.5, 0.6) is 0 Å². The van der Waals surface area contributed by atoms with E-state index in [4.69, 9.17) is 5.26 Å². The first-order valence-electron chi connectivity index (χ1n) is 3.29. The fraction of sp³-hybridized carbons (Fsp3) is 0.250. The van der Waals surface area contributed by atoms with Crippen LogP contribution in [-0.2, 0) is 9.53 Å². The average molecular weight is 181 g/mol. The van der Waals surface area contributed by atoms with Crippen LogP contribution >= 0.6 is 11.3 Å². The molecule has 0 amide bonds. The number of carbonyl (C=O) groups is 1. The minimum Gasteiger partial charge on any atom is -0.468 e. The molecule has 0 aliphatic heterocycles. The van der Waals surface area contributed by atoms with Crippen molar-refractivity contribution in [3.8, 4) is 6.07 Å². The van der Waals surface area contributed by atoms with Crippen molar-refractivity contribution in [2.75, 3.05) is 7.11 Å². The van der Waals surface area contributed by atoms with Gasteiger partial charge >= 0.3 is 5.97 Å². The predicted molar refractivity (Wildman–Crippen MR) is 44.7 cm³/mol. The van der Waals surface area contributed by atoms with Gasteiger partial charge in [-0.3, -0.25) is 4.79 Å². The number of hydrogen-bond donors (Lipinski definition) is 0. The van der Waals surface area contributed by atoms with E-state index in [-0.39, 0.29) is 0 Å². The lowest BCUT2D eigenvalue weighted by Crippen LogP contribution is -2.11. The normalized spacial score (nSPS) is 11.7. The molecule has 1 aromatic rings. The fourth-order valence-electron chi connectivity index (χ4n) is 0.820. The summed E-state index contributed by atoms with van der Waals surface area (Å²) < 4.78 is 4.47. The summed E-state index contributed by atoms with van der Waals surface area (Å²) >= 11 is 1.45. The van der Waals surface area contributed by atoms with Gasteiger partial charge in [-0.2, -0.15) is 16.6 Å². The van der Waals surface area contributed by atoms with Crippen molar-refractivity contribution >= 4 is 17.3 Å². The highest BCUT2D eigenvalue weighted by atomic mass is 32.1. The van der Waals surface area contributed by atoms with Crippen LogP contribution in [-0.4, -0.2) is 13.1 Å². The Labute approximate surface area is 74.2 Å². The molecule has 0 spiro atoms. The van der Waals surface area contributed by atoms with E-state index in [1.54, 1.807) is 11.4 Å². The molecule has 0 saturated heterocycles. The Morgan fingerprint density at radius 2 is 2.58 bits per heavy atom. The third-order valence-electron chi connectivity index (χ3n) is 1.44. The van der Waals surface area contributed by atoms with Crippen LogP contribution in [0.25, 0.3) is 0 Å². The lowest BCUT2D eigenvalue weighted by atomic mass is 10.1. The Balaban J connectivity index is 2.86. The van der Waals surface area contributed by atoms with E-state index < -0.39 is 11.9 Å². The van der Waals surface area contributed by atoms with Gasteiger partial charge in [-0.25, -0.2) is 0 Å². The van der Waals surface area contributed by atoms with Gasteiger partial charge in [0.1, 0.15) is 0 Å². The summed E-state index contributed by atoms with van der Waals surface area (Å²) in [5.74, 6) is -1.28. The minimum absolute atomic E-state index is 0.504. The number of hydrogen-bond acceptors (Lipinski definition) is 4. The fourth-order valence-corrected chi connectivity index (χ4v) is 1.51. The number of nitrogens with zero attached hydrogens (tertiary/aromatic N) is 1. The average Bonchev–Trinajstić information content (AvgIpc) is 2.58. The van der Waals surface area contributed by atoms with E-state index in [0.717, 1.165) is 0 Å². The summed E-state index contributed by atoms with van der Waals surface area (Å²) in [6, 6.07) is 3.63. The van der Waals surface area contributed by atoms with Crippen molar-refractivity contribution in [2.24, 2.45) is 0 Å². The number of esters is 1. The van der Waals surface area contributed by atoms with E-state index in [1.807, 2.05) is 11.4 Å². The molecule has 12 heavy (non-hydrogen) atoms. The zero-order chi connectivity index (χ0) is 8.97. The van der Waals surface area contributed by atoms with Crippen LogP contribution in [0.2, 0.25) is 0 Å². The molecule has 0 unspecified atom stereocenters. The van der Waals surface area contributed by atoms with Gasteiger partial charge in [0.25, 0.3) is 0 Å². The van der Waals surface area contributed by atoms with Gasteiger partial charge in [0.15, 0.2) is 5.92 Å². The van der Waals surface area contributed by atoms with Gasteiger partial charge in [-0.1, -0.05) is 0 Å². The molecule has 1 heterocycles. The first kappa shape index (κ1) is 8.75. The molecule has 4 heteroatoms. The number of carbonyl (C=O) groups excluding carboxylic acids is 1. The molecule has 0 saturated carbocycles. The monoisotopic (exact) mass is 181 g/mol. The molecular formula is C8H7NO2S. The maximum Gasteiger partial charge on any atom is 0.327 e. The molecule has 3 nitrogen and oxygen atoms in total. The molecular weight excluding hydrogens is 174 g/mol. The summed E-state index contributed by atoms with van der Waals surface area (Å²) in [6.45, 7) is 0. The first-order chi connectivity index (χ1) is 5.79. The summed E-state index contributed by atoms with van der Waals surface area (Å²) in [4.78, 5) is 11.0. The summed E-state index contributed by atoms with van der Waals surface area (Å²) in [6.07, 6.45) is 0. The highest BCUT2D eigenvalue weighted by Gasteiger charge is 2.20. The minimum atomic E-state index is -0.777. The van der Waals surface area contributed by atoms with Crippen LogP contribution in [0, 0.1) is 11.3 Å². The summed E-state index contributed by atoms with van der Waals surface area (Å²) in [5, 5.41) is 12.2. The molecule has 0 radical (unpaired) electrons. The van der Waals surface area contributed by atoms with Crippen LogP contribution in [0.15, 0.2) is 16.8 Å². The molecule has 0 aliphatic carbocycles. The quantitative estimate of drug-likeness (QED) is 0.650. The molecule has 1 rings (SSSR count). The number of thiophene rings is 1. The summed E-state index contributed by atoms with van der Waals surface area (Å²) in [5.41, 5.74) is 0.703. The molecule has 0 aliphatic rings. The standard InChI is InChI=1S/C8H7NO2S/c1-11-8(10)7(4-9)6-2-3-12-5-6/h2-3,5,7H,1H3/t7-/m1/s1. The Bertz CT molecular complexity index is 299. The van der Waals surface area contributed by atoms with Gasteiger partial charge in [0.05, 0.1) is 13.2 Å². The predicted octanol–water partition coefficient (Wildman–Crippen LogP) is 1.53. The maximum atomic E-state index is 11.0. The molecule has 1 aromatic heterocycles. The lowest BCUT2D eigenvalue weighted by Gasteiger charge is -2.02. The topological polar surface area (TPSA) is 50.1 Å². The van der Waals surface area contributed by atoms with E-state index in [0.29, 0.717) is 5.56 Å². The zero-order valence-corrected chi connectivity index (χ0v) is 7.30. The van der Waals surface area contributed by atoms with E-state index >= 15 is 0 Å². The third kappa shape index (κ3) is 1.63. The van der Waals surface area contributed by atoms with Crippen molar-refractivity contribution in [1.82, 2.24) is 0 Å². The Morgan fingerprint density at radius 3 is 3.00 bits per heavy atom. The SMILES string of the molecule is COC(=O)[C@H](C#N)c1ccsc1. The summed E-state index contributed by atoms with van der Waals surface area (Å²) in [7, 11) is 1.28. The number of nitriles is 1. The lowest BCUT2D eigenvalue weighted by molar-refractivity contribution is -0.140. The van der Waals surface area contributed by atoms with Crippen molar-refractivity contribution in [2.45, 2.75) is 5.92 Å². The van der Waals surface area contributed by atoms with E-state index in [1.165, 1.54) is 18.4 Å².